The Labute approximate surface area is 172 Å². The van der Waals surface area contributed by atoms with Gasteiger partial charge in [0.15, 0.2) is 5.96 Å². The number of amides is 1. The van der Waals surface area contributed by atoms with Gasteiger partial charge in [0.1, 0.15) is 6.10 Å². The zero-order valence-electron chi connectivity index (χ0n) is 17.4. The van der Waals surface area contributed by atoms with Gasteiger partial charge in [-0.2, -0.15) is 5.10 Å². The molecule has 1 aromatic heterocycles. The number of hydrogen-bond donors (Lipinski definition) is 1. The number of nitrogens with one attached hydrogen (secondary N) is 1. The first kappa shape index (κ1) is 20.9. The summed E-state index contributed by atoms with van der Waals surface area (Å²) in [5, 5.41) is 7.55. The van der Waals surface area contributed by atoms with E-state index >= 15 is 0 Å². The molecule has 2 aromatic rings. The van der Waals surface area contributed by atoms with Crippen LogP contribution < -0.4 is 5.32 Å². The standard InChI is InChI=1S/C21H30N6O2/c1-22-21(27-11-12-29-19(16-27)18-13-24-26(3)15-18)23-10-9-20(28)25(2)14-17-7-5-4-6-8-17/h4-8,13,15,19H,9-12,14,16H2,1-3H3,(H,22,23). The monoisotopic (exact) mass is 398 g/mol. The van der Waals surface area contributed by atoms with Gasteiger partial charge >= 0.3 is 0 Å². The van der Waals surface area contributed by atoms with E-state index in [9.17, 15) is 4.79 Å². The summed E-state index contributed by atoms with van der Waals surface area (Å²) >= 11 is 0. The van der Waals surface area contributed by atoms with Crippen molar-refractivity contribution in [1.29, 1.82) is 0 Å². The fourth-order valence-corrected chi connectivity index (χ4v) is 3.40. The number of morpholine rings is 1. The van der Waals surface area contributed by atoms with E-state index in [-0.39, 0.29) is 12.0 Å². The van der Waals surface area contributed by atoms with Crippen molar-refractivity contribution in [3.8, 4) is 0 Å². The van der Waals surface area contributed by atoms with Gasteiger partial charge in [-0.15, -0.1) is 0 Å². The quantitative estimate of drug-likeness (QED) is 0.588. The molecule has 29 heavy (non-hydrogen) atoms. The SMILES string of the molecule is CN=C(NCCC(=O)N(C)Cc1ccccc1)N1CCOC(c2cnn(C)c2)C1. The van der Waals surface area contributed by atoms with Gasteiger partial charge in [-0.3, -0.25) is 14.5 Å². The number of carbonyl (C=O) groups excluding carboxylic acids is 1. The Kier molecular flexibility index (Phi) is 7.24. The third kappa shape index (κ3) is 5.80. The van der Waals surface area contributed by atoms with Crippen LogP contribution >= 0.6 is 0 Å². The Morgan fingerprint density at radius 2 is 2.17 bits per heavy atom. The Bertz CT molecular complexity index is 820. The summed E-state index contributed by atoms with van der Waals surface area (Å²) in [5.74, 6) is 0.896. The number of nitrogens with zero attached hydrogens (tertiary/aromatic N) is 5. The highest BCUT2D eigenvalue weighted by atomic mass is 16.5. The van der Waals surface area contributed by atoms with Crippen LogP contribution in [0.5, 0.6) is 0 Å². The first-order valence-electron chi connectivity index (χ1n) is 9.90. The number of aromatic nitrogens is 2. The molecule has 1 aliphatic heterocycles. The van der Waals surface area contributed by atoms with Crippen molar-refractivity contribution in [3.63, 3.8) is 0 Å². The second-order valence-electron chi connectivity index (χ2n) is 7.21. The normalized spacial score (nSPS) is 17.3. The molecular weight excluding hydrogens is 368 g/mol. The van der Waals surface area contributed by atoms with Crippen LogP contribution in [0.1, 0.15) is 23.7 Å². The fourth-order valence-electron chi connectivity index (χ4n) is 3.40. The molecule has 2 heterocycles. The number of ether oxygens (including phenoxy) is 1. The van der Waals surface area contributed by atoms with Gasteiger partial charge < -0.3 is 19.9 Å². The minimum atomic E-state index is -0.0327. The Morgan fingerprint density at radius 1 is 1.38 bits per heavy atom. The average Bonchev–Trinajstić information content (AvgIpc) is 3.18. The first-order valence-corrected chi connectivity index (χ1v) is 9.90. The maximum atomic E-state index is 12.4. The number of benzene rings is 1. The number of aryl methyl sites for hydroxylation is 1. The van der Waals surface area contributed by atoms with Crippen molar-refractivity contribution < 1.29 is 9.53 Å². The predicted octanol–water partition coefficient (Wildman–Crippen LogP) is 1.42. The van der Waals surface area contributed by atoms with Gasteiger partial charge in [-0.05, 0) is 5.56 Å². The second-order valence-corrected chi connectivity index (χ2v) is 7.21. The number of rotatable bonds is 6. The molecule has 1 aromatic carbocycles. The van der Waals surface area contributed by atoms with E-state index in [1.54, 1.807) is 16.6 Å². The average molecular weight is 399 g/mol. The van der Waals surface area contributed by atoms with Crippen LogP contribution in [0.25, 0.3) is 0 Å². The molecule has 1 unspecified atom stereocenters. The Morgan fingerprint density at radius 3 is 2.86 bits per heavy atom. The smallest absolute Gasteiger partial charge is 0.224 e. The van der Waals surface area contributed by atoms with E-state index < -0.39 is 0 Å². The van der Waals surface area contributed by atoms with Gasteiger partial charge in [-0.25, -0.2) is 0 Å². The van der Waals surface area contributed by atoms with Crippen molar-refractivity contribution in [1.82, 2.24) is 24.9 Å². The summed E-state index contributed by atoms with van der Waals surface area (Å²) in [6.45, 7) is 3.24. The van der Waals surface area contributed by atoms with Crippen molar-refractivity contribution in [3.05, 3.63) is 53.9 Å². The van der Waals surface area contributed by atoms with Crippen LogP contribution in [-0.4, -0.2) is 71.8 Å². The lowest BCUT2D eigenvalue weighted by atomic mass is 10.1. The van der Waals surface area contributed by atoms with E-state index in [2.05, 4.69) is 20.3 Å². The zero-order valence-corrected chi connectivity index (χ0v) is 17.4. The third-order valence-electron chi connectivity index (χ3n) is 4.98. The Balaban J connectivity index is 1.46. The van der Waals surface area contributed by atoms with Crippen LogP contribution in [0.4, 0.5) is 0 Å². The zero-order chi connectivity index (χ0) is 20.6. The molecule has 8 nitrogen and oxygen atoms in total. The minimum absolute atomic E-state index is 0.0327. The van der Waals surface area contributed by atoms with E-state index in [0.29, 0.717) is 32.7 Å². The molecule has 0 saturated carbocycles. The molecule has 0 bridgehead atoms. The molecule has 1 N–H and O–H groups in total. The van der Waals surface area contributed by atoms with Gasteiger partial charge in [0.05, 0.1) is 19.3 Å². The van der Waals surface area contributed by atoms with Crippen LogP contribution in [0.15, 0.2) is 47.7 Å². The molecule has 156 valence electrons. The van der Waals surface area contributed by atoms with Crippen LogP contribution in [-0.2, 0) is 23.1 Å². The van der Waals surface area contributed by atoms with Gasteiger partial charge in [0.2, 0.25) is 5.91 Å². The van der Waals surface area contributed by atoms with Gasteiger partial charge in [-0.1, -0.05) is 30.3 Å². The molecule has 1 amide bonds. The van der Waals surface area contributed by atoms with Crippen molar-refractivity contribution in [2.75, 3.05) is 40.3 Å². The number of guanidine groups is 1. The van der Waals surface area contributed by atoms with Crippen LogP contribution in [0, 0.1) is 0 Å². The molecule has 1 aliphatic rings. The maximum absolute atomic E-state index is 12.4. The first-order chi connectivity index (χ1) is 14.1. The highest BCUT2D eigenvalue weighted by Gasteiger charge is 2.25. The molecule has 8 heteroatoms. The summed E-state index contributed by atoms with van der Waals surface area (Å²) in [6.07, 6.45) is 4.20. The predicted molar refractivity (Wildman–Crippen MR) is 112 cm³/mol. The molecule has 0 radical (unpaired) electrons. The second kappa shape index (κ2) is 10.1. The molecular formula is C21H30N6O2. The minimum Gasteiger partial charge on any atom is -0.370 e. The molecule has 0 spiro atoms. The summed E-state index contributed by atoms with van der Waals surface area (Å²) in [5.41, 5.74) is 2.19. The summed E-state index contributed by atoms with van der Waals surface area (Å²) in [7, 11) is 5.50. The van der Waals surface area contributed by atoms with E-state index in [1.807, 2.05) is 56.8 Å². The number of hydrogen-bond acceptors (Lipinski definition) is 4. The van der Waals surface area contributed by atoms with Crippen molar-refractivity contribution >= 4 is 11.9 Å². The van der Waals surface area contributed by atoms with Gasteiger partial charge in [0.25, 0.3) is 0 Å². The lowest BCUT2D eigenvalue weighted by molar-refractivity contribution is -0.130. The van der Waals surface area contributed by atoms with Crippen molar-refractivity contribution in [2.24, 2.45) is 12.0 Å². The lowest BCUT2D eigenvalue weighted by Gasteiger charge is -2.34. The third-order valence-corrected chi connectivity index (χ3v) is 4.98. The van der Waals surface area contributed by atoms with E-state index in [1.165, 1.54) is 0 Å². The topological polar surface area (TPSA) is 75.0 Å². The number of carbonyl (C=O) groups is 1. The Hall–Kier alpha value is -2.87. The largest absolute Gasteiger partial charge is 0.370 e. The summed E-state index contributed by atoms with van der Waals surface area (Å²) in [4.78, 5) is 20.7. The van der Waals surface area contributed by atoms with Crippen LogP contribution in [0.3, 0.4) is 0 Å². The van der Waals surface area contributed by atoms with E-state index in [0.717, 1.165) is 23.6 Å². The van der Waals surface area contributed by atoms with Crippen molar-refractivity contribution in [2.45, 2.75) is 19.1 Å². The molecule has 1 atom stereocenters. The fraction of sp³-hybridized carbons (Fsp3) is 0.476. The summed E-state index contributed by atoms with van der Waals surface area (Å²) in [6, 6.07) is 10.0. The highest BCUT2D eigenvalue weighted by molar-refractivity contribution is 5.81. The summed E-state index contributed by atoms with van der Waals surface area (Å²) < 4.78 is 7.67. The van der Waals surface area contributed by atoms with E-state index in [4.69, 9.17) is 4.74 Å². The lowest BCUT2D eigenvalue weighted by Crippen LogP contribution is -2.48. The maximum Gasteiger partial charge on any atom is 0.224 e. The highest BCUT2D eigenvalue weighted by Crippen LogP contribution is 2.21. The van der Waals surface area contributed by atoms with Gasteiger partial charge in [0, 0.05) is 59.0 Å². The molecule has 1 fully saturated rings. The molecule has 3 rings (SSSR count). The van der Waals surface area contributed by atoms with Crippen LogP contribution in [0.2, 0.25) is 0 Å². The molecule has 0 aliphatic carbocycles. The number of aliphatic imine (C=N–C) groups is 1. The molecule has 1 saturated heterocycles.